The average Bonchev–Trinajstić information content (AvgIpc) is 2.87. The van der Waals surface area contributed by atoms with Crippen molar-refractivity contribution in [2.45, 2.75) is 57.5 Å². The predicted molar refractivity (Wildman–Crippen MR) is 86.3 cm³/mol. The number of nitrogens with one attached hydrogen (secondary N) is 1. The van der Waals surface area contributed by atoms with Crippen molar-refractivity contribution in [1.82, 2.24) is 9.88 Å². The van der Waals surface area contributed by atoms with Crippen LogP contribution >= 0.6 is 0 Å². The third-order valence-electron chi connectivity index (χ3n) is 4.81. The van der Waals surface area contributed by atoms with Gasteiger partial charge in [-0.1, -0.05) is 31.5 Å². The van der Waals surface area contributed by atoms with Crippen LogP contribution in [0.5, 0.6) is 0 Å². The number of benzene rings is 1. The van der Waals surface area contributed by atoms with Gasteiger partial charge in [0.2, 0.25) is 0 Å². The molecule has 2 atom stereocenters. The molecule has 2 aromatic rings. The molecule has 1 saturated carbocycles. The average molecular weight is 270 g/mol. The number of fused-ring (bicyclic) bond motifs is 1. The standard InChI is InChI=1S/C18H26N2/c1-3-11-20-13-17(16-9-4-5-10-18(16)20)14-7-6-8-15(12-14)19-2/h4-5,9-10,13-15,19H,3,6-8,11-12H2,1-2H3. The van der Waals surface area contributed by atoms with E-state index in [1.165, 1.54) is 43.0 Å². The van der Waals surface area contributed by atoms with Gasteiger partial charge in [-0.3, -0.25) is 0 Å². The molecule has 2 unspecified atom stereocenters. The summed E-state index contributed by atoms with van der Waals surface area (Å²) < 4.78 is 2.45. The topological polar surface area (TPSA) is 17.0 Å². The molecule has 2 heteroatoms. The number of rotatable bonds is 4. The van der Waals surface area contributed by atoms with Gasteiger partial charge in [-0.05, 0) is 50.3 Å². The van der Waals surface area contributed by atoms with E-state index >= 15 is 0 Å². The molecule has 0 bridgehead atoms. The maximum Gasteiger partial charge on any atom is 0.0483 e. The lowest BCUT2D eigenvalue weighted by Gasteiger charge is -2.28. The molecule has 1 aromatic heterocycles. The Balaban J connectivity index is 1.98. The molecule has 0 radical (unpaired) electrons. The number of nitrogens with zero attached hydrogens (tertiary/aromatic N) is 1. The minimum Gasteiger partial charge on any atom is -0.347 e. The van der Waals surface area contributed by atoms with Crippen molar-refractivity contribution >= 4 is 10.9 Å². The van der Waals surface area contributed by atoms with E-state index in [1.54, 1.807) is 5.56 Å². The molecule has 0 aliphatic heterocycles. The Labute approximate surface area is 122 Å². The molecule has 3 rings (SSSR count). The fourth-order valence-electron chi connectivity index (χ4n) is 3.76. The lowest BCUT2D eigenvalue weighted by Crippen LogP contribution is -2.30. The lowest BCUT2D eigenvalue weighted by molar-refractivity contribution is 0.356. The summed E-state index contributed by atoms with van der Waals surface area (Å²) in [5, 5.41) is 4.95. The van der Waals surface area contributed by atoms with Gasteiger partial charge in [0.15, 0.2) is 0 Å². The number of aromatic nitrogens is 1. The molecule has 0 spiro atoms. The van der Waals surface area contributed by atoms with Gasteiger partial charge < -0.3 is 9.88 Å². The third-order valence-corrected chi connectivity index (χ3v) is 4.81. The number of hydrogen-bond acceptors (Lipinski definition) is 1. The van der Waals surface area contributed by atoms with E-state index in [1.807, 2.05) is 0 Å². The zero-order valence-corrected chi connectivity index (χ0v) is 12.7. The Kier molecular flexibility index (Phi) is 4.11. The molecule has 1 fully saturated rings. The van der Waals surface area contributed by atoms with Crippen LogP contribution in [0.1, 0.15) is 50.5 Å². The summed E-state index contributed by atoms with van der Waals surface area (Å²) in [6.45, 7) is 3.38. The van der Waals surface area contributed by atoms with E-state index in [0.717, 1.165) is 12.5 Å². The minimum atomic E-state index is 0.696. The zero-order chi connectivity index (χ0) is 13.9. The van der Waals surface area contributed by atoms with E-state index < -0.39 is 0 Å². The van der Waals surface area contributed by atoms with Crippen LogP contribution in [0.2, 0.25) is 0 Å². The molecule has 1 heterocycles. The molecule has 20 heavy (non-hydrogen) atoms. The summed E-state index contributed by atoms with van der Waals surface area (Å²) >= 11 is 0. The zero-order valence-electron chi connectivity index (χ0n) is 12.7. The summed E-state index contributed by atoms with van der Waals surface area (Å²) in [4.78, 5) is 0. The number of para-hydroxylation sites is 1. The predicted octanol–water partition coefficient (Wildman–Crippen LogP) is 4.30. The van der Waals surface area contributed by atoms with Gasteiger partial charge in [0, 0.05) is 29.7 Å². The highest BCUT2D eigenvalue weighted by molar-refractivity contribution is 5.84. The Morgan fingerprint density at radius 1 is 1.25 bits per heavy atom. The molecule has 1 N–H and O–H groups in total. The van der Waals surface area contributed by atoms with Crippen LogP contribution in [0.25, 0.3) is 10.9 Å². The van der Waals surface area contributed by atoms with E-state index in [0.29, 0.717) is 6.04 Å². The van der Waals surface area contributed by atoms with Crippen molar-refractivity contribution in [3.05, 3.63) is 36.0 Å². The van der Waals surface area contributed by atoms with Gasteiger partial charge in [-0.2, -0.15) is 0 Å². The van der Waals surface area contributed by atoms with Crippen LogP contribution in [0.15, 0.2) is 30.5 Å². The lowest BCUT2D eigenvalue weighted by atomic mass is 9.81. The molecule has 108 valence electrons. The Bertz CT molecular complexity index is 570. The van der Waals surface area contributed by atoms with E-state index in [9.17, 15) is 0 Å². The summed E-state index contributed by atoms with van der Waals surface area (Å²) in [5.41, 5.74) is 2.99. The summed E-state index contributed by atoms with van der Waals surface area (Å²) in [7, 11) is 2.10. The first-order valence-electron chi connectivity index (χ1n) is 8.08. The van der Waals surface area contributed by atoms with E-state index in [4.69, 9.17) is 0 Å². The number of aryl methyl sites for hydroxylation is 1. The summed E-state index contributed by atoms with van der Waals surface area (Å²) in [6, 6.07) is 9.62. The van der Waals surface area contributed by atoms with Crippen molar-refractivity contribution in [3.63, 3.8) is 0 Å². The summed E-state index contributed by atoms with van der Waals surface area (Å²) in [6.07, 6.45) is 8.94. The largest absolute Gasteiger partial charge is 0.347 e. The van der Waals surface area contributed by atoms with Gasteiger partial charge in [0.05, 0.1) is 0 Å². The second-order valence-electron chi connectivity index (χ2n) is 6.14. The molecule has 2 nitrogen and oxygen atoms in total. The normalized spacial score (nSPS) is 23.3. The first-order valence-corrected chi connectivity index (χ1v) is 8.08. The van der Waals surface area contributed by atoms with Crippen molar-refractivity contribution in [2.75, 3.05) is 7.05 Å². The van der Waals surface area contributed by atoms with Crippen LogP contribution in [-0.4, -0.2) is 17.7 Å². The molecule has 1 aliphatic rings. The van der Waals surface area contributed by atoms with Crippen LogP contribution in [0.4, 0.5) is 0 Å². The SMILES string of the molecule is CCCn1cc(C2CCCC(NC)C2)c2ccccc21. The van der Waals surface area contributed by atoms with Crippen LogP contribution in [0, 0.1) is 0 Å². The number of hydrogen-bond donors (Lipinski definition) is 1. The minimum absolute atomic E-state index is 0.696. The van der Waals surface area contributed by atoms with Gasteiger partial charge in [0.1, 0.15) is 0 Å². The molecular formula is C18H26N2. The van der Waals surface area contributed by atoms with E-state index in [-0.39, 0.29) is 0 Å². The highest BCUT2D eigenvalue weighted by Crippen LogP contribution is 2.37. The van der Waals surface area contributed by atoms with Crippen LogP contribution in [0.3, 0.4) is 0 Å². The maximum atomic E-state index is 3.48. The second-order valence-corrected chi connectivity index (χ2v) is 6.14. The summed E-state index contributed by atoms with van der Waals surface area (Å²) in [5.74, 6) is 0.726. The quantitative estimate of drug-likeness (QED) is 0.876. The van der Waals surface area contributed by atoms with Crippen molar-refractivity contribution in [3.8, 4) is 0 Å². The van der Waals surface area contributed by atoms with Crippen LogP contribution in [-0.2, 0) is 6.54 Å². The Morgan fingerprint density at radius 2 is 2.10 bits per heavy atom. The molecular weight excluding hydrogens is 244 g/mol. The van der Waals surface area contributed by atoms with Crippen molar-refractivity contribution in [2.24, 2.45) is 0 Å². The van der Waals surface area contributed by atoms with Crippen molar-refractivity contribution in [1.29, 1.82) is 0 Å². The highest BCUT2D eigenvalue weighted by atomic mass is 15.0. The fourth-order valence-corrected chi connectivity index (χ4v) is 3.76. The Morgan fingerprint density at radius 3 is 2.90 bits per heavy atom. The maximum absolute atomic E-state index is 3.48. The van der Waals surface area contributed by atoms with Gasteiger partial charge in [0.25, 0.3) is 0 Å². The molecule has 1 aromatic carbocycles. The second kappa shape index (κ2) is 6.01. The van der Waals surface area contributed by atoms with Crippen LogP contribution < -0.4 is 5.32 Å². The van der Waals surface area contributed by atoms with Crippen molar-refractivity contribution < 1.29 is 0 Å². The molecule has 0 amide bonds. The molecule has 1 aliphatic carbocycles. The highest BCUT2D eigenvalue weighted by Gasteiger charge is 2.24. The monoisotopic (exact) mass is 270 g/mol. The smallest absolute Gasteiger partial charge is 0.0483 e. The third kappa shape index (κ3) is 2.49. The molecule has 0 saturated heterocycles. The first-order chi connectivity index (χ1) is 9.83. The van der Waals surface area contributed by atoms with E-state index in [2.05, 4.69) is 54.3 Å². The van der Waals surface area contributed by atoms with Gasteiger partial charge >= 0.3 is 0 Å². The van der Waals surface area contributed by atoms with Gasteiger partial charge in [-0.15, -0.1) is 0 Å². The fraction of sp³-hybridized carbons (Fsp3) is 0.556. The van der Waals surface area contributed by atoms with Gasteiger partial charge in [-0.25, -0.2) is 0 Å². The first kappa shape index (κ1) is 13.7. The Hall–Kier alpha value is -1.28.